The monoisotopic (exact) mass is 481 g/mol. The number of nitrogens with two attached hydrogens (primary N) is 2. The minimum absolute atomic E-state index is 0.212. The summed E-state index contributed by atoms with van der Waals surface area (Å²) < 4.78 is 0. The maximum absolute atomic E-state index is 13.8. The second-order valence-electron chi connectivity index (χ2n) is 8.70. The average molecular weight is 482 g/mol. The molecular formula is C23H20ClN5O5. The molecule has 2 aromatic carbocycles. The SMILES string of the molecule is Cc1c(Cl)ccc2c1NC(=O)[C@]21N[C@@H](CC(N)=O)[C@H]2C(=O)N(c3ccc(C(N)=O)cc3)C(=O)[C@@H]21. The number of nitrogens with one attached hydrogen (secondary N) is 2. The third kappa shape index (κ3) is 2.82. The number of hydrogen-bond donors (Lipinski definition) is 4. The van der Waals surface area contributed by atoms with Crippen molar-refractivity contribution in [2.45, 2.75) is 24.9 Å². The van der Waals surface area contributed by atoms with Crippen molar-refractivity contribution in [2.75, 3.05) is 10.2 Å². The number of primary amides is 2. The lowest BCUT2D eigenvalue weighted by Crippen LogP contribution is -2.53. The Labute approximate surface area is 198 Å². The van der Waals surface area contributed by atoms with Gasteiger partial charge in [0.15, 0.2) is 0 Å². The highest BCUT2D eigenvalue weighted by atomic mass is 35.5. The van der Waals surface area contributed by atoms with Gasteiger partial charge in [0, 0.05) is 28.6 Å². The Morgan fingerprint density at radius 1 is 1.06 bits per heavy atom. The summed E-state index contributed by atoms with van der Waals surface area (Å²) in [6.45, 7) is 1.74. The van der Waals surface area contributed by atoms with E-state index in [1.54, 1.807) is 19.1 Å². The number of halogens is 1. The third-order valence-electron chi connectivity index (χ3n) is 6.92. The Morgan fingerprint density at radius 3 is 2.35 bits per heavy atom. The summed E-state index contributed by atoms with van der Waals surface area (Å²) >= 11 is 6.24. The smallest absolute Gasteiger partial charge is 0.250 e. The Hall–Kier alpha value is -3.76. The molecule has 4 atom stereocenters. The van der Waals surface area contributed by atoms with Crippen LogP contribution in [0.15, 0.2) is 36.4 Å². The molecule has 34 heavy (non-hydrogen) atoms. The van der Waals surface area contributed by atoms with E-state index < -0.39 is 53.0 Å². The number of carbonyl (C=O) groups is 5. The van der Waals surface area contributed by atoms with Gasteiger partial charge in [-0.1, -0.05) is 17.7 Å². The molecule has 0 bridgehead atoms. The number of hydrogen-bond acceptors (Lipinski definition) is 6. The number of nitrogens with zero attached hydrogens (tertiary/aromatic N) is 1. The molecule has 2 saturated heterocycles. The highest BCUT2D eigenvalue weighted by molar-refractivity contribution is 6.32. The first-order valence-corrected chi connectivity index (χ1v) is 10.9. The van der Waals surface area contributed by atoms with E-state index in [0.717, 1.165) is 4.90 Å². The molecule has 5 rings (SSSR count). The number of fused-ring (bicyclic) bond motifs is 4. The molecule has 0 unspecified atom stereocenters. The van der Waals surface area contributed by atoms with Crippen LogP contribution in [0.5, 0.6) is 0 Å². The summed E-state index contributed by atoms with van der Waals surface area (Å²) in [5, 5.41) is 6.36. The minimum Gasteiger partial charge on any atom is -0.370 e. The Kier molecular flexibility index (Phi) is 4.78. The van der Waals surface area contributed by atoms with Crippen molar-refractivity contribution in [1.82, 2.24) is 5.32 Å². The summed E-state index contributed by atoms with van der Waals surface area (Å²) in [5.41, 5.74) is 11.1. The van der Waals surface area contributed by atoms with Crippen LogP contribution < -0.4 is 27.0 Å². The maximum Gasteiger partial charge on any atom is 0.250 e. The highest BCUT2D eigenvalue weighted by Gasteiger charge is 2.70. The number of carbonyl (C=O) groups excluding carboxylic acids is 5. The van der Waals surface area contributed by atoms with E-state index in [9.17, 15) is 24.0 Å². The topological polar surface area (TPSA) is 165 Å². The van der Waals surface area contributed by atoms with Gasteiger partial charge in [-0.3, -0.25) is 29.3 Å². The molecular weight excluding hydrogens is 462 g/mol. The summed E-state index contributed by atoms with van der Waals surface area (Å²) in [7, 11) is 0. The number of rotatable bonds is 4. The Morgan fingerprint density at radius 2 is 1.74 bits per heavy atom. The number of amides is 5. The fourth-order valence-electron chi connectivity index (χ4n) is 5.41. The lowest BCUT2D eigenvalue weighted by atomic mass is 9.76. The van der Waals surface area contributed by atoms with Gasteiger partial charge >= 0.3 is 0 Å². The standard InChI is InChI=1S/C23H20ClN5O5/c1-9-13(24)7-6-12-18(9)27-22(34)23(12)17-16(14(28-23)8-15(25)30)20(32)29(21(17)33)11-4-2-10(3-5-11)19(26)31/h2-7,14,16-17,28H,8H2,1H3,(H2,25,30)(H2,26,31)(H,27,34)/t14-,16+,17+,23-/m0/s1. The number of anilines is 2. The molecule has 174 valence electrons. The number of imide groups is 1. The first-order valence-electron chi connectivity index (χ1n) is 10.5. The van der Waals surface area contributed by atoms with E-state index in [1.807, 2.05) is 0 Å². The van der Waals surface area contributed by atoms with Crippen molar-refractivity contribution >= 4 is 52.5 Å². The molecule has 11 heteroatoms. The van der Waals surface area contributed by atoms with E-state index in [1.165, 1.54) is 24.3 Å². The van der Waals surface area contributed by atoms with E-state index >= 15 is 0 Å². The van der Waals surface area contributed by atoms with Crippen LogP contribution in [0, 0.1) is 18.8 Å². The predicted octanol–water partition coefficient (Wildman–Crippen LogP) is 0.548. The van der Waals surface area contributed by atoms with Crippen LogP contribution >= 0.6 is 11.6 Å². The molecule has 3 aliphatic heterocycles. The van der Waals surface area contributed by atoms with E-state index in [2.05, 4.69) is 10.6 Å². The van der Waals surface area contributed by atoms with Crippen LogP contribution in [0.1, 0.15) is 27.9 Å². The fraction of sp³-hybridized carbons (Fsp3) is 0.261. The number of benzene rings is 2. The van der Waals surface area contributed by atoms with Gasteiger partial charge in [0.1, 0.15) is 5.54 Å². The lowest BCUT2D eigenvalue weighted by molar-refractivity contribution is -0.130. The van der Waals surface area contributed by atoms with Gasteiger partial charge < -0.3 is 16.8 Å². The summed E-state index contributed by atoms with van der Waals surface area (Å²) in [6.07, 6.45) is -0.244. The molecule has 2 aromatic rings. The van der Waals surface area contributed by atoms with Crippen LogP contribution in [-0.2, 0) is 24.7 Å². The van der Waals surface area contributed by atoms with Gasteiger partial charge in [-0.25, -0.2) is 4.90 Å². The zero-order valence-electron chi connectivity index (χ0n) is 17.9. The van der Waals surface area contributed by atoms with Crippen LogP contribution in [-0.4, -0.2) is 35.6 Å². The average Bonchev–Trinajstić information content (AvgIpc) is 3.35. The maximum atomic E-state index is 13.8. The normalized spacial score (nSPS) is 27.2. The van der Waals surface area contributed by atoms with Crippen molar-refractivity contribution in [1.29, 1.82) is 0 Å². The van der Waals surface area contributed by atoms with E-state index in [-0.39, 0.29) is 17.7 Å². The van der Waals surface area contributed by atoms with Gasteiger partial charge in [-0.15, -0.1) is 0 Å². The molecule has 0 aliphatic carbocycles. The largest absolute Gasteiger partial charge is 0.370 e. The first-order chi connectivity index (χ1) is 16.1. The molecule has 10 nitrogen and oxygen atoms in total. The highest BCUT2D eigenvalue weighted by Crippen LogP contribution is 2.55. The Bertz CT molecular complexity index is 1310. The van der Waals surface area contributed by atoms with Gasteiger partial charge in [-0.2, -0.15) is 0 Å². The molecule has 0 radical (unpaired) electrons. The van der Waals surface area contributed by atoms with E-state index in [4.69, 9.17) is 23.1 Å². The van der Waals surface area contributed by atoms with Crippen molar-refractivity contribution in [3.63, 3.8) is 0 Å². The molecule has 1 spiro atoms. The van der Waals surface area contributed by atoms with Crippen LogP contribution in [0.3, 0.4) is 0 Å². The molecule has 5 amide bonds. The zero-order valence-corrected chi connectivity index (χ0v) is 18.7. The zero-order chi connectivity index (χ0) is 24.5. The summed E-state index contributed by atoms with van der Waals surface area (Å²) in [5.74, 6) is -5.14. The first kappa shape index (κ1) is 22.1. The van der Waals surface area contributed by atoms with E-state index in [0.29, 0.717) is 21.8 Å². The molecule has 6 N–H and O–H groups in total. The van der Waals surface area contributed by atoms with Crippen molar-refractivity contribution < 1.29 is 24.0 Å². The van der Waals surface area contributed by atoms with Crippen molar-refractivity contribution in [3.05, 3.63) is 58.1 Å². The molecule has 3 heterocycles. The van der Waals surface area contributed by atoms with Crippen LogP contribution in [0.25, 0.3) is 0 Å². The predicted molar refractivity (Wildman–Crippen MR) is 122 cm³/mol. The van der Waals surface area contributed by atoms with Crippen LogP contribution in [0.4, 0.5) is 11.4 Å². The molecule has 0 aromatic heterocycles. The second kappa shape index (κ2) is 7.37. The van der Waals surface area contributed by atoms with Gasteiger partial charge in [0.05, 0.1) is 23.2 Å². The fourth-order valence-corrected chi connectivity index (χ4v) is 5.57. The van der Waals surface area contributed by atoms with Crippen molar-refractivity contribution in [2.24, 2.45) is 23.3 Å². The summed E-state index contributed by atoms with van der Waals surface area (Å²) in [6, 6.07) is 8.11. The van der Waals surface area contributed by atoms with Gasteiger partial charge in [-0.05, 0) is 42.8 Å². The lowest BCUT2D eigenvalue weighted by Gasteiger charge is -2.29. The third-order valence-corrected chi connectivity index (χ3v) is 7.33. The quantitative estimate of drug-likeness (QED) is 0.465. The molecule has 3 aliphatic rings. The Balaban J connectivity index is 1.66. The van der Waals surface area contributed by atoms with Crippen LogP contribution in [0.2, 0.25) is 5.02 Å². The van der Waals surface area contributed by atoms with Gasteiger partial charge in [0.25, 0.3) is 0 Å². The molecule has 2 fully saturated rings. The van der Waals surface area contributed by atoms with Crippen molar-refractivity contribution in [3.8, 4) is 0 Å². The second-order valence-corrected chi connectivity index (χ2v) is 9.11. The minimum atomic E-state index is -1.58. The molecule has 0 saturated carbocycles. The van der Waals surface area contributed by atoms with Gasteiger partial charge in [0.2, 0.25) is 29.5 Å². The summed E-state index contributed by atoms with van der Waals surface area (Å²) in [4.78, 5) is 65.0.